The van der Waals surface area contributed by atoms with E-state index in [0.29, 0.717) is 0 Å². The first kappa shape index (κ1) is 70.9. The molecule has 0 radical (unpaired) electrons. The van der Waals surface area contributed by atoms with Gasteiger partial charge in [0.25, 0.3) is 0 Å². The minimum atomic E-state index is -0.183. The van der Waals surface area contributed by atoms with Crippen LogP contribution in [0.25, 0.3) is 128 Å². The van der Waals surface area contributed by atoms with Crippen molar-refractivity contribution in [3.63, 3.8) is 0 Å². The number of benzene rings is 20. The van der Waals surface area contributed by atoms with Crippen LogP contribution >= 0.6 is 22.7 Å². The summed E-state index contributed by atoms with van der Waals surface area (Å²) in [5, 5.41) is 18.1. The number of rotatable bonds is 14. The first-order valence-electron chi connectivity index (χ1n) is 40.8. The van der Waals surface area contributed by atoms with Crippen LogP contribution in [0.1, 0.15) is 25.0 Å². The van der Waals surface area contributed by atoms with Gasteiger partial charge in [-0.3, -0.25) is 0 Å². The van der Waals surface area contributed by atoms with Gasteiger partial charge in [0.2, 0.25) is 0 Å². The third-order valence-corrected chi connectivity index (χ3v) is 26.5. The monoisotopic (exact) mass is 1550 g/mol. The summed E-state index contributed by atoms with van der Waals surface area (Å²) >= 11 is 3.81. The van der Waals surface area contributed by atoms with Crippen molar-refractivity contribution in [2.24, 2.45) is 0 Å². The molecule has 23 rings (SSSR count). The Kier molecular flexibility index (Phi) is 17.6. The van der Waals surface area contributed by atoms with E-state index in [1.807, 2.05) is 22.7 Å². The Morgan fingerprint density at radius 1 is 0.185 bits per heavy atom. The molecule has 0 saturated heterocycles. The number of hydrogen-bond donors (Lipinski definition) is 0. The van der Waals surface area contributed by atoms with Crippen LogP contribution in [0.15, 0.2) is 437 Å². The largest absolute Gasteiger partial charge is 0.310 e. The summed E-state index contributed by atoms with van der Waals surface area (Å²) in [5.41, 5.74) is 23.8. The zero-order valence-electron chi connectivity index (χ0n) is 65.7. The number of fused-ring (bicyclic) bond motifs is 20. The van der Waals surface area contributed by atoms with Crippen molar-refractivity contribution in [1.82, 2.24) is 0 Å². The minimum Gasteiger partial charge on any atom is -0.310 e. The fourth-order valence-corrected chi connectivity index (χ4v) is 21.1. The lowest BCUT2D eigenvalue weighted by Crippen LogP contribution is -2.16. The van der Waals surface area contributed by atoms with Gasteiger partial charge in [0.15, 0.2) is 0 Å². The standard InChI is InChI=1S/C59H42N2S.C54H36N2S/c1-59(2)54-36-40(27-31-48(54)49-33-29-45(37-55(49)59)60(41-17-7-3-8-18-41)42-19-9-4-10-20-42)39-28-32-51-53(35-39)47-25-15-16-26-50(47)57-52-34-30-46(38-56(52)62-58(51)57)61(43-21-11-5-12-22-43)44-23-13-6-14-24-44;1-5-15-41(16-6-1)55(42-17-7-2-8-18-42)45-29-27-38-33-37(25-26-39(38)34-45)40-28-31-49-51(35-40)47-23-13-14-24-48(47)53-50-32-30-46(36-52(50)57-54(49)53)56(43-19-9-3-10-20-43)44-21-11-4-12-22-44/h3-38H,1-2H3;1-36H. The number of thiophene rings is 2. The molecule has 0 amide bonds. The Bertz CT molecular complexity index is 7470. The molecule has 2 heterocycles. The van der Waals surface area contributed by atoms with E-state index in [2.05, 4.69) is 470 Å². The van der Waals surface area contributed by atoms with E-state index < -0.39 is 0 Å². The Morgan fingerprint density at radius 2 is 0.454 bits per heavy atom. The molecule has 0 atom stereocenters. The molecule has 0 aliphatic heterocycles. The summed E-state index contributed by atoms with van der Waals surface area (Å²) in [7, 11) is 0. The van der Waals surface area contributed by atoms with Gasteiger partial charge in [0.1, 0.15) is 0 Å². The normalized spacial score (nSPS) is 12.2. The van der Waals surface area contributed by atoms with Crippen LogP contribution < -0.4 is 19.6 Å². The molecule has 20 aromatic carbocycles. The van der Waals surface area contributed by atoms with Crippen LogP contribution in [-0.4, -0.2) is 0 Å². The third kappa shape index (κ3) is 12.5. The highest BCUT2D eigenvalue weighted by atomic mass is 32.1. The Hall–Kier alpha value is -14.7. The summed E-state index contributed by atoms with van der Waals surface area (Å²) < 4.78 is 5.24. The van der Waals surface area contributed by atoms with Gasteiger partial charge in [0, 0.05) is 125 Å². The third-order valence-electron chi connectivity index (χ3n) is 24.1. The number of nitrogens with zero attached hydrogens (tertiary/aromatic N) is 4. The number of para-hydroxylation sites is 8. The summed E-state index contributed by atoms with van der Waals surface area (Å²) in [6.45, 7) is 4.77. The van der Waals surface area contributed by atoms with Gasteiger partial charge in [-0.25, -0.2) is 0 Å². The van der Waals surface area contributed by atoms with E-state index in [-0.39, 0.29) is 5.41 Å². The van der Waals surface area contributed by atoms with Crippen LogP contribution in [0.2, 0.25) is 0 Å². The van der Waals surface area contributed by atoms with Crippen LogP contribution in [-0.2, 0) is 5.41 Å². The van der Waals surface area contributed by atoms with Crippen molar-refractivity contribution in [2.75, 3.05) is 19.6 Å². The topological polar surface area (TPSA) is 13.0 Å². The predicted molar refractivity (Wildman–Crippen MR) is 513 cm³/mol. The Labute approximate surface area is 700 Å². The smallest absolute Gasteiger partial charge is 0.0476 e. The van der Waals surface area contributed by atoms with E-state index in [1.165, 1.54) is 139 Å². The molecule has 562 valence electrons. The second-order valence-electron chi connectivity index (χ2n) is 31.5. The van der Waals surface area contributed by atoms with Crippen molar-refractivity contribution in [1.29, 1.82) is 0 Å². The first-order valence-corrected chi connectivity index (χ1v) is 42.5. The average molecular weight is 1560 g/mol. The molecule has 0 saturated carbocycles. The highest BCUT2D eigenvalue weighted by Crippen LogP contribution is 2.54. The van der Waals surface area contributed by atoms with Crippen LogP contribution in [0.4, 0.5) is 68.2 Å². The molecule has 4 nitrogen and oxygen atoms in total. The van der Waals surface area contributed by atoms with Crippen LogP contribution in [0, 0.1) is 0 Å². The van der Waals surface area contributed by atoms with Gasteiger partial charge >= 0.3 is 0 Å². The van der Waals surface area contributed by atoms with Crippen molar-refractivity contribution in [2.45, 2.75) is 19.3 Å². The fourth-order valence-electron chi connectivity index (χ4n) is 18.5. The van der Waals surface area contributed by atoms with Crippen molar-refractivity contribution < 1.29 is 0 Å². The first-order chi connectivity index (χ1) is 58.8. The SMILES string of the molecule is CC1(C)c2cc(-c3ccc4c(c3)c3ccccc3c3c5ccc(N(c6ccccc6)c6ccccc6)cc5sc43)ccc2-c2ccc(N(c3ccccc3)c3ccccc3)cc21.c1ccc(N(c2ccccc2)c2ccc3cc(-c4ccc5c(c4)c4ccccc4c4c6ccc(N(c7ccccc7)c7ccccc7)cc6sc54)ccc3c2)cc1. The number of hydrogen-bond acceptors (Lipinski definition) is 6. The molecule has 1 aliphatic rings. The van der Waals surface area contributed by atoms with Crippen molar-refractivity contribution in [3.8, 4) is 33.4 Å². The summed E-state index contributed by atoms with van der Waals surface area (Å²) in [6.07, 6.45) is 0. The lowest BCUT2D eigenvalue weighted by Gasteiger charge is -2.28. The second-order valence-corrected chi connectivity index (χ2v) is 33.6. The molecular weight excluding hydrogens is 1480 g/mol. The van der Waals surface area contributed by atoms with Gasteiger partial charge in [-0.15, -0.1) is 22.7 Å². The zero-order chi connectivity index (χ0) is 79.1. The maximum atomic E-state index is 2.45. The van der Waals surface area contributed by atoms with E-state index in [1.54, 1.807) is 0 Å². The quantitative estimate of drug-likeness (QED) is 0.101. The molecule has 0 fully saturated rings. The summed E-state index contributed by atoms with van der Waals surface area (Å²) in [5.74, 6) is 0. The van der Waals surface area contributed by atoms with Crippen LogP contribution in [0.3, 0.4) is 0 Å². The highest BCUT2D eigenvalue weighted by molar-refractivity contribution is 7.27. The van der Waals surface area contributed by atoms with Gasteiger partial charge in [-0.1, -0.05) is 281 Å². The molecule has 0 N–H and O–H groups in total. The van der Waals surface area contributed by atoms with E-state index in [9.17, 15) is 0 Å². The van der Waals surface area contributed by atoms with Crippen molar-refractivity contribution in [3.05, 3.63) is 448 Å². The molecule has 0 spiro atoms. The predicted octanol–water partition coefficient (Wildman–Crippen LogP) is 33.4. The maximum Gasteiger partial charge on any atom is 0.0476 e. The van der Waals surface area contributed by atoms with Crippen LogP contribution in [0.5, 0.6) is 0 Å². The lowest BCUT2D eigenvalue weighted by atomic mass is 9.81. The maximum absolute atomic E-state index is 2.45. The minimum absolute atomic E-state index is 0.183. The van der Waals surface area contributed by atoms with Crippen molar-refractivity contribution >= 4 is 185 Å². The van der Waals surface area contributed by atoms with Gasteiger partial charge in [-0.05, 0) is 257 Å². The highest BCUT2D eigenvalue weighted by Gasteiger charge is 2.37. The number of anilines is 12. The molecule has 6 heteroatoms. The molecule has 0 bridgehead atoms. The molecule has 22 aromatic rings. The van der Waals surface area contributed by atoms with E-state index in [0.717, 1.165) is 68.2 Å². The van der Waals surface area contributed by atoms with Gasteiger partial charge in [0.05, 0.1) is 0 Å². The molecule has 0 unspecified atom stereocenters. The van der Waals surface area contributed by atoms with Gasteiger partial charge in [-0.2, -0.15) is 0 Å². The van der Waals surface area contributed by atoms with Gasteiger partial charge < -0.3 is 19.6 Å². The molecular formula is C113H78N4S2. The second kappa shape index (κ2) is 29.6. The zero-order valence-corrected chi connectivity index (χ0v) is 67.3. The van der Waals surface area contributed by atoms with E-state index >= 15 is 0 Å². The average Bonchev–Trinajstić information content (AvgIpc) is 1.60. The molecule has 1 aliphatic carbocycles. The van der Waals surface area contributed by atoms with E-state index in [4.69, 9.17) is 0 Å². The Morgan fingerprint density at radius 3 is 0.849 bits per heavy atom. The Balaban J connectivity index is 0.000000144. The fraction of sp³-hybridized carbons (Fsp3) is 0.0265. The summed E-state index contributed by atoms with van der Waals surface area (Å²) in [6, 6.07) is 159. The summed E-state index contributed by atoms with van der Waals surface area (Å²) in [4.78, 5) is 9.38. The molecule has 119 heavy (non-hydrogen) atoms. The lowest BCUT2D eigenvalue weighted by molar-refractivity contribution is 0.660. The molecule has 2 aromatic heterocycles.